The van der Waals surface area contributed by atoms with Gasteiger partial charge in [0, 0.05) is 6.61 Å². The van der Waals surface area contributed by atoms with E-state index in [9.17, 15) is 5.11 Å². The zero-order valence-electron chi connectivity index (χ0n) is 18.5. The Labute approximate surface area is 175 Å². The van der Waals surface area contributed by atoms with Gasteiger partial charge in [-0.05, 0) is 12.0 Å². The molecule has 162 valence electrons. The number of unbranched alkanes of at least 4 members (excludes halogenated alkanes) is 15. The van der Waals surface area contributed by atoms with Gasteiger partial charge < -0.3 is 9.84 Å². The lowest BCUT2D eigenvalue weighted by atomic mass is 10.0. The zero-order chi connectivity index (χ0) is 20.1. The molecule has 0 heterocycles. The van der Waals surface area contributed by atoms with Crippen molar-refractivity contribution in [1.82, 2.24) is 0 Å². The third kappa shape index (κ3) is 14.2. The van der Waals surface area contributed by atoms with Gasteiger partial charge in [0.2, 0.25) is 0 Å². The van der Waals surface area contributed by atoms with E-state index in [4.69, 9.17) is 4.74 Å². The standard InChI is InChI=1S/C26H46O2/c1-2-3-4-5-6-7-8-9-10-11-12-13-14-15-16-20-23-28-26(24-27)25-21-18-17-19-22-25/h17-19,21-22,26-27H,2-16,20,23-24H2,1H3. The second-order valence-corrected chi connectivity index (χ2v) is 8.26. The first-order chi connectivity index (χ1) is 13.9. The maximum atomic E-state index is 9.49. The van der Waals surface area contributed by atoms with Crippen LogP contribution in [0.25, 0.3) is 0 Å². The van der Waals surface area contributed by atoms with Crippen LogP contribution < -0.4 is 0 Å². The molecule has 1 atom stereocenters. The van der Waals surface area contributed by atoms with E-state index in [1.807, 2.05) is 30.3 Å². The van der Waals surface area contributed by atoms with E-state index in [1.165, 1.54) is 96.3 Å². The van der Waals surface area contributed by atoms with Gasteiger partial charge in [0.1, 0.15) is 6.10 Å². The Morgan fingerprint density at radius 1 is 0.643 bits per heavy atom. The molecule has 0 saturated heterocycles. The summed E-state index contributed by atoms with van der Waals surface area (Å²) < 4.78 is 5.85. The molecular formula is C26H46O2. The molecule has 0 spiro atoms. The molecule has 1 N–H and O–H groups in total. The van der Waals surface area contributed by atoms with E-state index in [1.54, 1.807) is 0 Å². The topological polar surface area (TPSA) is 29.5 Å². The molecule has 0 aliphatic carbocycles. The van der Waals surface area contributed by atoms with Crippen LogP contribution in [-0.4, -0.2) is 18.3 Å². The van der Waals surface area contributed by atoms with Gasteiger partial charge >= 0.3 is 0 Å². The van der Waals surface area contributed by atoms with Crippen LogP contribution in [0, 0.1) is 0 Å². The van der Waals surface area contributed by atoms with Crippen LogP contribution in [0.15, 0.2) is 30.3 Å². The molecule has 0 radical (unpaired) electrons. The predicted octanol–water partition coefficient (Wildman–Crippen LogP) is 8.00. The number of hydrogen-bond donors (Lipinski definition) is 1. The van der Waals surface area contributed by atoms with E-state index in [-0.39, 0.29) is 12.7 Å². The summed E-state index contributed by atoms with van der Waals surface area (Å²) in [6.45, 7) is 3.09. The third-order valence-corrected chi connectivity index (χ3v) is 5.65. The van der Waals surface area contributed by atoms with Gasteiger partial charge in [-0.25, -0.2) is 0 Å². The molecule has 2 nitrogen and oxygen atoms in total. The highest BCUT2D eigenvalue weighted by atomic mass is 16.5. The lowest BCUT2D eigenvalue weighted by Gasteiger charge is -2.15. The molecule has 0 fully saturated rings. The van der Waals surface area contributed by atoms with Gasteiger partial charge in [-0.1, -0.05) is 134 Å². The second-order valence-electron chi connectivity index (χ2n) is 8.26. The molecular weight excluding hydrogens is 344 g/mol. The highest BCUT2D eigenvalue weighted by Gasteiger charge is 2.09. The van der Waals surface area contributed by atoms with Crippen LogP contribution in [0.2, 0.25) is 0 Å². The van der Waals surface area contributed by atoms with Crippen molar-refractivity contribution in [3.8, 4) is 0 Å². The maximum absolute atomic E-state index is 9.49. The highest BCUT2D eigenvalue weighted by molar-refractivity contribution is 5.17. The molecule has 0 aliphatic heterocycles. The quantitative estimate of drug-likeness (QED) is 0.228. The number of aliphatic hydroxyl groups excluding tert-OH is 1. The number of hydrogen-bond acceptors (Lipinski definition) is 2. The van der Waals surface area contributed by atoms with Crippen LogP contribution in [0.1, 0.15) is 121 Å². The summed E-state index contributed by atoms with van der Waals surface area (Å²) in [5.74, 6) is 0. The number of aliphatic hydroxyl groups is 1. The van der Waals surface area contributed by atoms with Crippen molar-refractivity contribution in [1.29, 1.82) is 0 Å². The fourth-order valence-electron chi connectivity index (χ4n) is 3.80. The van der Waals surface area contributed by atoms with Gasteiger partial charge in [-0.2, -0.15) is 0 Å². The number of ether oxygens (including phenoxy) is 1. The molecule has 0 aromatic heterocycles. The SMILES string of the molecule is CCCCCCCCCCCCCCCCCCOC(CO)c1ccccc1. The number of rotatable bonds is 20. The third-order valence-electron chi connectivity index (χ3n) is 5.65. The Morgan fingerprint density at radius 2 is 1.07 bits per heavy atom. The van der Waals surface area contributed by atoms with Crippen molar-refractivity contribution >= 4 is 0 Å². The molecule has 0 saturated carbocycles. The number of benzene rings is 1. The van der Waals surface area contributed by atoms with Crippen molar-refractivity contribution in [2.45, 2.75) is 116 Å². The molecule has 2 heteroatoms. The molecule has 28 heavy (non-hydrogen) atoms. The second kappa shape index (κ2) is 19.5. The fourth-order valence-corrected chi connectivity index (χ4v) is 3.80. The average Bonchev–Trinajstić information content (AvgIpc) is 2.73. The first-order valence-electron chi connectivity index (χ1n) is 12.2. The summed E-state index contributed by atoms with van der Waals surface area (Å²) in [5, 5.41) is 9.49. The first kappa shape index (κ1) is 25.2. The molecule has 1 unspecified atom stereocenters. The van der Waals surface area contributed by atoms with Crippen molar-refractivity contribution < 1.29 is 9.84 Å². The smallest absolute Gasteiger partial charge is 0.105 e. The van der Waals surface area contributed by atoms with Crippen molar-refractivity contribution in [3.63, 3.8) is 0 Å². The summed E-state index contributed by atoms with van der Waals surface area (Å²) in [6, 6.07) is 10.0. The van der Waals surface area contributed by atoms with Crippen molar-refractivity contribution in [3.05, 3.63) is 35.9 Å². The van der Waals surface area contributed by atoms with Crippen LogP contribution in [0.4, 0.5) is 0 Å². The summed E-state index contributed by atoms with van der Waals surface area (Å²) in [5.41, 5.74) is 1.07. The van der Waals surface area contributed by atoms with Gasteiger partial charge in [-0.15, -0.1) is 0 Å². The normalized spacial score (nSPS) is 12.4. The van der Waals surface area contributed by atoms with E-state index in [2.05, 4.69) is 6.92 Å². The van der Waals surface area contributed by atoms with E-state index >= 15 is 0 Å². The van der Waals surface area contributed by atoms with Gasteiger partial charge in [0.15, 0.2) is 0 Å². The summed E-state index contributed by atoms with van der Waals surface area (Å²) in [4.78, 5) is 0. The lowest BCUT2D eigenvalue weighted by Crippen LogP contribution is -2.09. The first-order valence-corrected chi connectivity index (χ1v) is 12.2. The minimum absolute atomic E-state index is 0.0584. The van der Waals surface area contributed by atoms with Crippen molar-refractivity contribution in [2.24, 2.45) is 0 Å². The van der Waals surface area contributed by atoms with Crippen LogP contribution in [-0.2, 0) is 4.74 Å². The van der Waals surface area contributed by atoms with Gasteiger partial charge in [0.05, 0.1) is 6.61 Å². The van der Waals surface area contributed by atoms with Crippen LogP contribution in [0.3, 0.4) is 0 Å². The molecule has 0 aliphatic rings. The Morgan fingerprint density at radius 3 is 1.50 bits per heavy atom. The highest BCUT2D eigenvalue weighted by Crippen LogP contribution is 2.17. The Balaban J connectivity index is 1.79. The van der Waals surface area contributed by atoms with Crippen molar-refractivity contribution in [2.75, 3.05) is 13.2 Å². The lowest BCUT2D eigenvalue weighted by molar-refractivity contribution is 0.00986. The molecule has 1 aromatic rings. The fraction of sp³-hybridized carbons (Fsp3) is 0.769. The maximum Gasteiger partial charge on any atom is 0.105 e. The molecule has 0 amide bonds. The van der Waals surface area contributed by atoms with Crippen LogP contribution in [0.5, 0.6) is 0 Å². The monoisotopic (exact) mass is 390 g/mol. The predicted molar refractivity (Wildman–Crippen MR) is 122 cm³/mol. The van der Waals surface area contributed by atoms with Gasteiger partial charge in [0.25, 0.3) is 0 Å². The zero-order valence-corrected chi connectivity index (χ0v) is 18.5. The summed E-state index contributed by atoms with van der Waals surface area (Å²) in [6.07, 6.45) is 22.0. The molecule has 0 bridgehead atoms. The van der Waals surface area contributed by atoms with Gasteiger partial charge in [-0.3, -0.25) is 0 Å². The Kier molecular flexibility index (Phi) is 17.5. The Hall–Kier alpha value is -0.860. The van der Waals surface area contributed by atoms with E-state index in [0.717, 1.165) is 18.6 Å². The van der Waals surface area contributed by atoms with Crippen LogP contribution >= 0.6 is 0 Å². The average molecular weight is 391 g/mol. The minimum Gasteiger partial charge on any atom is -0.393 e. The molecule has 1 rings (SSSR count). The summed E-state index contributed by atoms with van der Waals surface area (Å²) in [7, 11) is 0. The summed E-state index contributed by atoms with van der Waals surface area (Å²) >= 11 is 0. The minimum atomic E-state index is -0.169. The van der Waals surface area contributed by atoms with E-state index < -0.39 is 0 Å². The molecule has 1 aromatic carbocycles. The Bertz CT molecular complexity index is 418. The van der Waals surface area contributed by atoms with E-state index in [0.29, 0.717) is 0 Å². The largest absolute Gasteiger partial charge is 0.393 e.